The summed E-state index contributed by atoms with van der Waals surface area (Å²) in [6.07, 6.45) is 8.03. The van der Waals surface area contributed by atoms with Crippen LogP contribution in [-0.4, -0.2) is 36.4 Å². The number of benzene rings is 4. The molecule has 4 aromatic rings. The Morgan fingerprint density at radius 3 is 1.19 bits per heavy atom. The second-order valence-corrected chi connectivity index (χ2v) is 22.7. The number of ether oxygens (including phenoxy) is 6. The Hall–Kier alpha value is -1.33. The molecule has 2 saturated carbocycles. The normalized spacial score (nSPS) is 15.8. The second kappa shape index (κ2) is 20.5. The molecule has 0 bridgehead atoms. The highest BCUT2D eigenvalue weighted by molar-refractivity contribution is 14.1. The third-order valence-corrected chi connectivity index (χ3v) is 16.7. The van der Waals surface area contributed by atoms with Gasteiger partial charge in [-0.25, -0.2) is 9.59 Å². The molecule has 57 heavy (non-hydrogen) atoms. The van der Waals surface area contributed by atoms with Crippen LogP contribution in [0.3, 0.4) is 0 Å². The Kier molecular flexibility index (Phi) is 16.2. The van der Waals surface area contributed by atoms with Crippen molar-refractivity contribution in [2.24, 2.45) is 11.8 Å². The van der Waals surface area contributed by atoms with Gasteiger partial charge < -0.3 is 28.4 Å². The van der Waals surface area contributed by atoms with Crippen LogP contribution in [0.4, 0.5) is 0 Å². The first-order chi connectivity index (χ1) is 27.2. The molecule has 0 aromatic heterocycles. The molecule has 0 spiro atoms. The summed E-state index contributed by atoms with van der Waals surface area (Å²) in [5.74, 6) is 4.12. The van der Waals surface area contributed by atoms with Crippen molar-refractivity contribution in [3.8, 4) is 34.5 Å². The van der Waals surface area contributed by atoms with Gasteiger partial charge in [-0.3, -0.25) is 0 Å². The number of carbonyl (C=O) groups is 2. The number of esters is 2. The van der Waals surface area contributed by atoms with E-state index >= 15 is 0 Å². The predicted octanol–water partition coefficient (Wildman–Crippen LogP) is 9.60. The summed E-state index contributed by atoms with van der Waals surface area (Å²) in [6.45, 7) is 8.24. The zero-order valence-corrected chi connectivity index (χ0v) is 43.1. The molecule has 4 aromatic carbocycles. The van der Waals surface area contributed by atoms with E-state index in [0.717, 1.165) is 88.6 Å². The van der Waals surface area contributed by atoms with E-state index in [-0.39, 0.29) is 48.2 Å². The second-order valence-electron chi connectivity index (χ2n) is 15.0. The van der Waals surface area contributed by atoms with E-state index in [1.54, 1.807) is 0 Å². The number of hydrogen-bond donors (Lipinski definition) is 0. The largest absolute Gasteiger partial charge is 0.481 e. The van der Waals surface area contributed by atoms with Gasteiger partial charge >= 0.3 is 33.1 Å². The molecule has 0 saturated heterocycles. The van der Waals surface area contributed by atoms with Crippen LogP contribution < -0.4 is 40.2 Å². The lowest BCUT2D eigenvalue weighted by molar-refractivity contribution is -0.597. The summed E-state index contributed by atoms with van der Waals surface area (Å²) >= 11 is 8.48. The highest BCUT2D eigenvalue weighted by Crippen LogP contribution is 2.41. The maximum absolute atomic E-state index is 12.7. The molecular weight excluding hydrogens is 1290 g/mol. The van der Waals surface area contributed by atoms with E-state index in [1.165, 1.54) is 7.14 Å². The van der Waals surface area contributed by atoms with Crippen molar-refractivity contribution in [3.05, 3.63) is 94.2 Å². The molecule has 2 aliphatic carbocycles. The van der Waals surface area contributed by atoms with Crippen LogP contribution in [0.2, 0.25) is 0 Å². The summed E-state index contributed by atoms with van der Waals surface area (Å²) in [6, 6.07) is 24.1. The monoisotopic (exact) mass is 1340 g/mol. The fraction of sp³-hybridized carbons (Fsp3) is 0.409. The lowest BCUT2D eigenvalue weighted by Gasteiger charge is -2.33. The molecule has 0 aliphatic heterocycles. The molecule has 0 atom stereocenters. The van der Waals surface area contributed by atoms with Crippen molar-refractivity contribution in [3.63, 3.8) is 0 Å². The quantitative estimate of drug-likeness (QED) is 0.0811. The lowest BCUT2D eigenvalue weighted by atomic mass is 9.88. The first kappa shape index (κ1) is 45.2. The number of hydrogen-bond acceptors (Lipinski definition) is 8. The zero-order chi connectivity index (χ0) is 40.7. The van der Waals surface area contributed by atoms with Crippen LogP contribution in [0.5, 0.6) is 34.5 Å². The van der Waals surface area contributed by atoms with Crippen molar-refractivity contribution < 1.29 is 59.2 Å². The van der Waals surface area contributed by atoms with Gasteiger partial charge in [-0.05, 0) is 226 Å². The minimum atomic E-state index is -0.420. The van der Waals surface area contributed by atoms with Crippen LogP contribution in [-0.2, 0) is 19.1 Å². The molecule has 2 fully saturated rings. The van der Waals surface area contributed by atoms with Crippen molar-refractivity contribution in [2.45, 2.75) is 90.3 Å². The topological polar surface area (TPSA) is 89.5 Å². The van der Waals surface area contributed by atoms with E-state index in [4.69, 9.17) is 28.4 Å². The van der Waals surface area contributed by atoms with Gasteiger partial charge in [0.2, 0.25) is 0 Å². The fourth-order valence-corrected chi connectivity index (χ4v) is 11.7. The van der Waals surface area contributed by atoms with Crippen LogP contribution in [0.15, 0.2) is 72.8 Å². The van der Waals surface area contributed by atoms with Gasteiger partial charge in [0.25, 0.3) is 0 Å². The third-order valence-electron chi connectivity index (χ3n) is 10.6. The first-order valence-corrected chi connectivity index (χ1v) is 25.6. The molecule has 2 aliphatic rings. The van der Waals surface area contributed by atoms with Crippen LogP contribution in [0, 0.1) is 33.3 Å². The molecule has 13 heteroatoms. The Labute approximate surface area is 400 Å². The highest BCUT2D eigenvalue weighted by atomic mass is 127. The van der Waals surface area contributed by atoms with E-state index in [0.29, 0.717) is 11.5 Å². The number of carbonyl (C=O) groups excluding carboxylic acids is 2. The molecule has 0 N–H and O–H groups in total. The van der Waals surface area contributed by atoms with Crippen LogP contribution >= 0.6 is 90.4 Å². The molecule has 304 valence electrons. The van der Waals surface area contributed by atoms with Gasteiger partial charge in [-0.2, -0.15) is 0 Å². The van der Waals surface area contributed by atoms with Gasteiger partial charge in [0.05, 0.1) is 14.3 Å². The molecule has 0 amide bonds. The van der Waals surface area contributed by atoms with E-state index in [2.05, 4.69) is 142 Å². The van der Waals surface area contributed by atoms with Crippen LogP contribution in [0.25, 0.3) is 0 Å². The van der Waals surface area contributed by atoms with Gasteiger partial charge in [0.15, 0.2) is 20.4 Å². The first-order valence-electron chi connectivity index (χ1n) is 19.1. The predicted molar refractivity (Wildman–Crippen MR) is 249 cm³/mol. The maximum atomic E-state index is 12.7. The van der Waals surface area contributed by atoms with E-state index in [9.17, 15) is 9.59 Å². The van der Waals surface area contributed by atoms with Crippen molar-refractivity contribution in [1.29, 1.82) is 0 Å². The molecule has 0 radical (unpaired) electrons. The number of halogens is 5. The zero-order valence-electron chi connectivity index (χ0n) is 32.3. The minimum Gasteiger partial charge on any atom is -0.481 e. The van der Waals surface area contributed by atoms with E-state index in [1.807, 2.05) is 48.5 Å². The summed E-state index contributed by atoms with van der Waals surface area (Å²) in [5.41, 5.74) is -0.733. The summed E-state index contributed by atoms with van der Waals surface area (Å²) in [7, 11) is 0. The number of rotatable bonds is 16. The standard InChI is InChI=1S/C44H46I5O8/c1-27(2)43(17-5-6-18-43)56-41(50)25-52-37-21-35(47)39(23-33(37)45)54-31-13-9-29(10-14-31)49-30-11-15-32(16-12-30)55-40-24-34(46)38(22-36(40)48)53-26-42(51)57-44(28(3)4)19-7-8-20-44/h9-16,21-24,27-28H,5-8,17-20,25-26H2,1-4H3/q+1. The SMILES string of the molecule is CC(C)C1(OC(=O)COc2cc(I)c(Oc3ccc([I+]c4ccc(Oc5cc(I)c(OCC(=O)OC6(C(C)C)CCCC6)cc5I)cc4)cc3)cc2I)CCCC1. The third kappa shape index (κ3) is 11.9. The highest BCUT2D eigenvalue weighted by Gasteiger charge is 2.41. The van der Waals surface area contributed by atoms with Crippen molar-refractivity contribution in [1.82, 2.24) is 0 Å². The fourth-order valence-electron chi connectivity index (χ4n) is 7.24. The Balaban J connectivity index is 0.982. The molecular formula is C44H46I5O8+. The van der Waals surface area contributed by atoms with Gasteiger partial charge in [-0.1, -0.05) is 27.7 Å². The molecule has 8 nitrogen and oxygen atoms in total. The Morgan fingerprint density at radius 2 is 0.860 bits per heavy atom. The average molecular weight is 1340 g/mol. The van der Waals surface area contributed by atoms with E-state index < -0.39 is 21.2 Å². The summed E-state index contributed by atoms with van der Waals surface area (Å²) in [4.78, 5) is 25.5. The molecule has 0 unspecified atom stereocenters. The summed E-state index contributed by atoms with van der Waals surface area (Å²) in [5, 5.41) is 0. The van der Waals surface area contributed by atoms with Gasteiger partial charge in [-0.15, -0.1) is 0 Å². The van der Waals surface area contributed by atoms with Gasteiger partial charge in [0, 0.05) is 0 Å². The van der Waals surface area contributed by atoms with Gasteiger partial charge in [0.1, 0.15) is 45.7 Å². The average Bonchev–Trinajstić information content (AvgIpc) is 3.86. The molecule has 6 rings (SSSR count). The van der Waals surface area contributed by atoms with Crippen molar-refractivity contribution in [2.75, 3.05) is 13.2 Å². The van der Waals surface area contributed by atoms with Crippen molar-refractivity contribution >= 4 is 102 Å². The minimum absolute atomic E-state index is 0.121. The summed E-state index contributed by atoms with van der Waals surface area (Å²) < 4.78 is 42.3. The molecule has 0 heterocycles. The lowest BCUT2D eigenvalue weighted by Crippen LogP contribution is -3.61. The Morgan fingerprint density at radius 1 is 0.544 bits per heavy atom. The Bertz CT molecular complexity index is 1880. The smallest absolute Gasteiger partial charge is 0.357 e. The van der Waals surface area contributed by atoms with Crippen LogP contribution in [0.1, 0.15) is 79.1 Å². The maximum Gasteiger partial charge on any atom is 0.357 e.